The SMILES string of the molecule is C[N+]1(CC2CC2)CC[C@]23CC(=O)CC[C@@]2(O)[C@H]1C=C1C=CC(=O)C(O)=C13.[Br-]. The standard InChI is InChI=1S/C21H25NO4.BrH/c1-22(12-13-2-3-13)9-8-20-11-15(23)6-7-21(20,26)17(22)10-14-4-5-16(24)19(25)18(14)20;/h4-5,10,13,17,26H,2-3,6-9,11-12H2,1H3;1H/t17-,20-,21-,22?;/m1./s1. The Morgan fingerprint density at radius 2 is 1.96 bits per heavy atom. The number of Topliss-reactive ketones (excluding diaryl/α,β-unsaturated/α-hetero) is 1. The van der Waals surface area contributed by atoms with Gasteiger partial charge in [-0.2, -0.15) is 0 Å². The third-order valence-electron chi connectivity index (χ3n) is 7.68. The number of fused-ring (bicyclic) bond motifs is 1. The average molecular weight is 436 g/mol. The molecule has 6 heteroatoms. The normalized spacial score (nSPS) is 42.9. The molecule has 5 nitrogen and oxygen atoms in total. The number of allylic oxidation sites excluding steroid dienone is 3. The fourth-order valence-electron chi connectivity index (χ4n) is 6.23. The van der Waals surface area contributed by atoms with E-state index in [1.807, 2.05) is 0 Å². The van der Waals surface area contributed by atoms with Gasteiger partial charge in [-0.3, -0.25) is 9.59 Å². The zero-order valence-electron chi connectivity index (χ0n) is 15.6. The number of carbonyl (C=O) groups excluding carboxylic acids is 2. The molecule has 0 radical (unpaired) electrons. The van der Waals surface area contributed by atoms with Crippen molar-refractivity contribution in [2.45, 2.75) is 50.2 Å². The van der Waals surface area contributed by atoms with Crippen LogP contribution in [0, 0.1) is 11.3 Å². The summed E-state index contributed by atoms with van der Waals surface area (Å²) in [5.74, 6) is 0.151. The van der Waals surface area contributed by atoms with Gasteiger partial charge in [0.1, 0.15) is 17.4 Å². The molecule has 146 valence electrons. The van der Waals surface area contributed by atoms with E-state index < -0.39 is 16.8 Å². The van der Waals surface area contributed by atoms with Crippen molar-refractivity contribution in [3.63, 3.8) is 0 Å². The molecule has 5 rings (SSSR count). The average Bonchev–Trinajstić information content (AvgIpc) is 3.39. The molecule has 2 saturated carbocycles. The van der Waals surface area contributed by atoms with Gasteiger partial charge in [-0.15, -0.1) is 0 Å². The molecule has 27 heavy (non-hydrogen) atoms. The topological polar surface area (TPSA) is 74.6 Å². The second-order valence-electron chi connectivity index (χ2n) is 9.29. The van der Waals surface area contributed by atoms with E-state index in [1.54, 1.807) is 6.08 Å². The quantitative estimate of drug-likeness (QED) is 0.544. The van der Waals surface area contributed by atoms with Crippen LogP contribution in [0.3, 0.4) is 0 Å². The highest BCUT2D eigenvalue weighted by Crippen LogP contribution is 2.63. The lowest BCUT2D eigenvalue weighted by atomic mass is 9.48. The van der Waals surface area contributed by atoms with E-state index in [9.17, 15) is 19.8 Å². The maximum atomic E-state index is 12.4. The summed E-state index contributed by atoms with van der Waals surface area (Å²) < 4.78 is 0.788. The summed E-state index contributed by atoms with van der Waals surface area (Å²) in [5, 5.41) is 22.6. The maximum absolute atomic E-state index is 12.4. The first-order valence-electron chi connectivity index (χ1n) is 9.76. The number of quaternary nitrogens is 1. The van der Waals surface area contributed by atoms with Gasteiger partial charge in [0.15, 0.2) is 5.76 Å². The van der Waals surface area contributed by atoms with Crippen molar-refractivity contribution in [3.8, 4) is 0 Å². The van der Waals surface area contributed by atoms with Crippen LogP contribution in [0.5, 0.6) is 0 Å². The van der Waals surface area contributed by atoms with Crippen LogP contribution < -0.4 is 17.0 Å². The third kappa shape index (κ3) is 2.42. The summed E-state index contributed by atoms with van der Waals surface area (Å²) in [6, 6.07) is -0.102. The predicted octanol–water partition coefficient (Wildman–Crippen LogP) is -1.02. The first-order valence-corrected chi connectivity index (χ1v) is 9.76. The van der Waals surface area contributed by atoms with E-state index in [-0.39, 0.29) is 41.0 Å². The van der Waals surface area contributed by atoms with Crippen molar-refractivity contribution < 1.29 is 41.3 Å². The smallest absolute Gasteiger partial charge is 0.220 e. The van der Waals surface area contributed by atoms with Crippen molar-refractivity contribution >= 4 is 11.6 Å². The number of aliphatic hydroxyl groups excluding tert-OH is 1. The molecule has 1 heterocycles. The number of rotatable bonds is 2. The summed E-state index contributed by atoms with van der Waals surface area (Å²) in [6.07, 6.45) is 9.40. The Morgan fingerprint density at radius 3 is 2.67 bits per heavy atom. The zero-order valence-corrected chi connectivity index (χ0v) is 17.2. The Bertz CT molecular complexity index is 826. The van der Waals surface area contributed by atoms with Crippen molar-refractivity contribution in [2.75, 3.05) is 20.1 Å². The van der Waals surface area contributed by atoms with Crippen LogP contribution in [0.2, 0.25) is 0 Å². The van der Waals surface area contributed by atoms with Crippen molar-refractivity contribution in [1.82, 2.24) is 0 Å². The molecule has 0 aromatic carbocycles. The molecule has 0 spiro atoms. The van der Waals surface area contributed by atoms with Crippen molar-refractivity contribution in [2.24, 2.45) is 11.3 Å². The second kappa shape index (κ2) is 5.88. The van der Waals surface area contributed by atoms with E-state index in [4.69, 9.17) is 0 Å². The van der Waals surface area contributed by atoms with E-state index >= 15 is 0 Å². The zero-order chi connectivity index (χ0) is 18.3. The minimum atomic E-state index is -1.08. The number of carbonyl (C=O) groups is 2. The number of likely N-dealkylation sites (N-methyl/N-ethyl adjacent to an activating group) is 1. The Balaban J connectivity index is 0.00000180. The fourth-order valence-corrected chi connectivity index (χ4v) is 6.23. The molecule has 4 atom stereocenters. The highest BCUT2D eigenvalue weighted by molar-refractivity contribution is 6.06. The summed E-state index contributed by atoms with van der Waals surface area (Å²) in [5.41, 5.74) is -0.565. The Hall–Kier alpha value is -1.24. The van der Waals surface area contributed by atoms with E-state index in [1.165, 1.54) is 18.9 Å². The number of piperidine rings is 1. The van der Waals surface area contributed by atoms with E-state index in [0.29, 0.717) is 24.8 Å². The minimum Gasteiger partial charge on any atom is -1.00 e. The molecule has 1 saturated heterocycles. The van der Waals surface area contributed by atoms with Crippen molar-refractivity contribution in [1.29, 1.82) is 0 Å². The summed E-state index contributed by atoms with van der Waals surface area (Å²) in [4.78, 5) is 24.6. The minimum absolute atomic E-state index is 0. The Morgan fingerprint density at radius 1 is 1.22 bits per heavy atom. The van der Waals surface area contributed by atoms with Crippen LogP contribution in [0.15, 0.2) is 35.1 Å². The lowest BCUT2D eigenvalue weighted by Crippen LogP contribution is -3.00. The lowest BCUT2D eigenvalue weighted by Gasteiger charge is -2.64. The molecule has 0 aromatic rings. The molecule has 1 unspecified atom stereocenters. The molecule has 0 amide bonds. The van der Waals surface area contributed by atoms with Crippen molar-refractivity contribution in [3.05, 3.63) is 35.1 Å². The van der Waals surface area contributed by atoms with Gasteiger partial charge < -0.3 is 31.7 Å². The predicted molar refractivity (Wildman–Crippen MR) is 95.2 cm³/mol. The first-order chi connectivity index (χ1) is 12.3. The molecule has 3 fully saturated rings. The number of ketones is 2. The highest BCUT2D eigenvalue weighted by Gasteiger charge is 2.70. The molecule has 0 aromatic heterocycles. The molecular formula is C21H26BrNO4. The van der Waals surface area contributed by atoms with Crippen LogP contribution in [-0.4, -0.2) is 58.0 Å². The molecule has 5 aliphatic rings. The third-order valence-corrected chi connectivity index (χ3v) is 7.68. The fraction of sp³-hybridized carbons (Fsp3) is 0.619. The second-order valence-corrected chi connectivity index (χ2v) is 9.29. The Labute approximate surface area is 169 Å². The number of aliphatic hydroxyl groups is 2. The largest absolute Gasteiger partial charge is 1.00 e. The number of hydrogen-bond acceptors (Lipinski definition) is 4. The van der Waals surface area contributed by atoms with Gasteiger partial charge in [0, 0.05) is 36.2 Å². The van der Waals surface area contributed by atoms with Gasteiger partial charge in [-0.05, 0) is 37.0 Å². The maximum Gasteiger partial charge on any atom is 0.220 e. The van der Waals surface area contributed by atoms with Crippen LogP contribution in [0.4, 0.5) is 0 Å². The van der Waals surface area contributed by atoms with Gasteiger partial charge in [0.2, 0.25) is 5.78 Å². The van der Waals surface area contributed by atoms with E-state index in [0.717, 1.165) is 29.1 Å². The van der Waals surface area contributed by atoms with Gasteiger partial charge in [0.05, 0.1) is 20.1 Å². The summed E-state index contributed by atoms with van der Waals surface area (Å²) in [7, 11) is 2.23. The molecule has 1 aliphatic heterocycles. The van der Waals surface area contributed by atoms with Gasteiger partial charge >= 0.3 is 0 Å². The van der Waals surface area contributed by atoms with Gasteiger partial charge in [0.25, 0.3) is 0 Å². The van der Waals surface area contributed by atoms with Gasteiger partial charge in [-0.1, -0.05) is 6.08 Å². The monoisotopic (exact) mass is 435 g/mol. The van der Waals surface area contributed by atoms with Crippen LogP contribution >= 0.6 is 0 Å². The molecule has 2 N–H and O–H groups in total. The number of halogens is 1. The number of likely N-dealkylation sites (tertiary alicyclic amines) is 1. The first kappa shape index (κ1) is 19.1. The molecular weight excluding hydrogens is 410 g/mol. The Kier molecular flexibility index (Phi) is 4.16. The summed E-state index contributed by atoms with van der Waals surface area (Å²) >= 11 is 0. The highest BCUT2D eigenvalue weighted by atomic mass is 79.9. The number of hydrogen-bond donors (Lipinski definition) is 2. The molecule has 4 aliphatic carbocycles. The van der Waals surface area contributed by atoms with Crippen LogP contribution in [0.1, 0.15) is 38.5 Å². The van der Waals surface area contributed by atoms with Gasteiger partial charge in [-0.25, -0.2) is 0 Å². The lowest BCUT2D eigenvalue weighted by molar-refractivity contribution is -0.944. The number of nitrogens with zero attached hydrogens (tertiary/aromatic N) is 1. The molecule has 2 bridgehead atoms. The van der Waals surface area contributed by atoms with Crippen LogP contribution in [0.25, 0.3) is 0 Å². The van der Waals surface area contributed by atoms with E-state index in [2.05, 4.69) is 13.1 Å². The van der Waals surface area contributed by atoms with Crippen LogP contribution in [-0.2, 0) is 9.59 Å². The summed E-state index contributed by atoms with van der Waals surface area (Å²) in [6.45, 7) is 1.91.